The summed E-state index contributed by atoms with van der Waals surface area (Å²) in [6.45, 7) is 0.574. The van der Waals surface area contributed by atoms with E-state index in [-0.39, 0.29) is 10.7 Å². The lowest BCUT2D eigenvalue weighted by molar-refractivity contribution is -0.119. The number of hydrogen-bond donors (Lipinski definition) is 2. The summed E-state index contributed by atoms with van der Waals surface area (Å²) in [7, 11) is 0. The van der Waals surface area contributed by atoms with Gasteiger partial charge in [0.15, 0.2) is 5.11 Å². The first-order chi connectivity index (χ1) is 4.20. The number of halogens is 1. The molecule has 0 saturated carbocycles. The molecular formula is C4H5BrN2OS. The van der Waals surface area contributed by atoms with Crippen molar-refractivity contribution in [2.75, 3.05) is 6.54 Å². The molecule has 0 spiro atoms. The number of nitrogens with one attached hydrogen (secondary N) is 2. The third-order valence-electron chi connectivity index (χ3n) is 0.963. The largest absolute Gasteiger partial charge is 0.361 e. The van der Waals surface area contributed by atoms with Gasteiger partial charge in [0.2, 0.25) is 5.91 Å². The number of rotatable bonds is 0. The second-order valence-corrected chi connectivity index (χ2v) is 3.18. The van der Waals surface area contributed by atoms with Gasteiger partial charge in [-0.25, -0.2) is 0 Å². The molecule has 1 atom stereocenters. The summed E-state index contributed by atoms with van der Waals surface area (Å²) in [5.74, 6) is -0.0706. The summed E-state index contributed by atoms with van der Waals surface area (Å²) in [5.41, 5.74) is 0. The van der Waals surface area contributed by atoms with Crippen LogP contribution in [-0.4, -0.2) is 22.4 Å². The highest BCUT2D eigenvalue weighted by atomic mass is 79.9. The number of carbonyl (C=O) groups excluding carboxylic acids is 1. The maximum atomic E-state index is 10.7. The van der Waals surface area contributed by atoms with Crippen LogP contribution in [0.5, 0.6) is 0 Å². The Morgan fingerprint density at radius 2 is 2.44 bits per heavy atom. The Bertz CT molecular complexity index is 161. The lowest BCUT2D eigenvalue weighted by Gasteiger charge is -2.18. The molecule has 0 bridgehead atoms. The van der Waals surface area contributed by atoms with Crippen LogP contribution < -0.4 is 10.6 Å². The molecule has 1 heterocycles. The van der Waals surface area contributed by atoms with Crippen molar-refractivity contribution in [3.63, 3.8) is 0 Å². The quantitative estimate of drug-likeness (QED) is 0.427. The second-order valence-electron chi connectivity index (χ2n) is 1.67. The molecule has 0 aromatic heterocycles. The van der Waals surface area contributed by atoms with E-state index < -0.39 is 0 Å². The van der Waals surface area contributed by atoms with Gasteiger partial charge < -0.3 is 10.6 Å². The molecule has 1 saturated heterocycles. The SMILES string of the molecule is O=C1NC(=S)NCC1Br. The van der Waals surface area contributed by atoms with Gasteiger partial charge in [-0.3, -0.25) is 4.79 Å². The van der Waals surface area contributed by atoms with E-state index in [1.807, 2.05) is 0 Å². The van der Waals surface area contributed by atoms with Crippen molar-refractivity contribution in [1.29, 1.82) is 0 Å². The Morgan fingerprint density at radius 3 is 2.89 bits per heavy atom. The van der Waals surface area contributed by atoms with Gasteiger partial charge in [0.1, 0.15) is 4.83 Å². The normalized spacial score (nSPS) is 27.0. The lowest BCUT2D eigenvalue weighted by atomic mass is 10.3. The van der Waals surface area contributed by atoms with E-state index in [0.29, 0.717) is 11.7 Å². The molecule has 1 unspecified atom stereocenters. The molecule has 5 heteroatoms. The zero-order valence-corrected chi connectivity index (χ0v) is 6.88. The molecule has 50 valence electrons. The monoisotopic (exact) mass is 208 g/mol. The van der Waals surface area contributed by atoms with Crippen molar-refractivity contribution < 1.29 is 4.79 Å². The maximum absolute atomic E-state index is 10.7. The summed E-state index contributed by atoms with van der Waals surface area (Å²) in [4.78, 5) is 10.6. The fourth-order valence-electron chi connectivity index (χ4n) is 0.509. The van der Waals surface area contributed by atoms with E-state index in [2.05, 4.69) is 38.8 Å². The van der Waals surface area contributed by atoms with Crippen LogP contribution in [0.25, 0.3) is 0 Å². The fraction of sp³-hybridized carbons (Fsp3) is 0.500. The minimum Gasteiger partial charge on any atom is -0.361 e. The van der Waals surface area contributed by atoms with Gasteiger partial charge in [-0.1, -0.05) is 15.9 Å². The Kier molecular flexibility index (Phi) is 2.02. The fourth-order valence-corrected chi connectivity index (χ4v) is 0.970. The number of carbonyl (C=O) groups is 1. The van der Waals surface area contributed by atoms with Crippen LogP contribution in [0.15, 0.2) is 0 Å². The third kappa shape index (κ3) is 1.62. The zero-order valence-electron chi connectivity index (χ0n) is 4.48. The van der Waals surface area contributed by atoms with E-state index in [0.717, 1.165) is 0 Å². The van der Waals surface area contributed by atoms with Crippen LogP contribution in [0.1, 0.15) is 0 Å². The second kappa shape index (κ2) is 2.62. The number of hydrogen-bond acceptors (Lipinski definition) is 2. The maximum Gasteiger partial charge on any atom is 0.241 e. The van der Waals surface area contributed by atoms with Crippen LogP contribution in [0.3, 0.4) is 0 Å². The van der Waals surface area contributed by atoms with Crippen LogP contribution in [0.2, 0.25) is 0 Å². The predicted octanol–water partition coefficient (Wildman–Crippen LogP) is -0.246. The standard InChI is InChI=1S/C4H5BrN2OS/c5-2-1-6-4(9)7-3(2)8/h2H,1H2,(H2,6,7,8,9). The van der Waals surface area contributed by atoms with Crippen molar-refractivity contribution in [2.24, 2.45) is 0 Å². The van der Waals surface area contributed by atoms with Gasteiger partial charge in [0.05, 0.1) is 0 Å². The molecular weight excluding hydrogens is 204 g/mol. The zero-order chi connectivity index (χ0) is 6.85. The Morgan fingerprint density at radius 1 is 1.78 bits per heavy atom. The minimum absolute atomic E-state index is 0.0706. The highest BCUT2D eigenvalue weighted by molar-refractivity contribution is 9.10. The Hall–Kier alpha value is -0.160. The minimum atomic E-state index is -0.149. The summed E-state index contributed by atoms with van der Waals surface area (Å²) >= 11 is 7.82. The molecule has 3 nitrogen and oxygen atoms in total. The Balaban J connectivity index is 2.54. The molecule has 0 aromatic rings. The first-order valence-corrected chi connectivity index (χ1v) is 3.75. The molecule has 1 aliphatic rings. The summed E-state index contributed by atoms with van der Waals surface area (Å²) in [6.07, 6.45) is 0. The van der Waals surface area contributed by atoms with Crippen LogP contribution in [0, 0.1) is 0 Å². The van der Waals surface area contributed by atoms with Crippen molar-refractivity contribution >= 4 is 39.2 Å². The first kappa shape index (κ1) is 6.95. The van der Waals surface area contributed by atoms with Crippen molar-refractivity contribution in [3.05, 3.63) is 0 Å². The lowest BCUT2D eigenvalue weighted by Crippen LogP contribution is -2.52. The van der Waals surface area contributed by atoms with Gasteiger partial charge in [-0.05, 0) is 12.2 Å². The molecule has 9 heavy (non-hydrogen) atoms. The summed E-state index contributed by atoms with van der Waals surface area (Å²) < 4.78 is 0. The molecule has 1 rings (SSSR count). The molecule has 2 N–H and O–H groups in total. The predicted molar refractivity (Wildman–Crippen MR) is 41.5 cm³/mol. The molecule has 1 fully saturated rings. The highest BCUT2D eigenvalue weighted by Crippen LogP contribution is 2.00. The van der Waals surface area contributed by atoms with Crippen molar-refractivity contribution in [3.8, 4) is 0 Å². The van der Waals surface area contributed by atoms with Crippen molar-refractivity contribution in [1.82, 2.24) is 10.6 Å². The summed E-state index contributed by atoms with van der Waals surface area (Å²) in [6, 6.07) is 0. The first-order valence-electron chi connectivity index (χ1n) is 2.43. The van der Waals surface area contributed by atoms with E-state index >= 15 is 0 Å². The van der Waals surface area contributed by atoms with Gasteiger partial charge in [-0.15, -0.1) is 0 Å². The smallest absolute Gasteiger partial charge is 0.241 e. The van der Waals surface area contributed by atoms with Crippen molar-refractivity contribution in [2.45, 2.75) is 4.83 Å². The third-order valence-corrected chi connectivity index (χ3v) is 1.95. The van der Waals surface area contributed by atoms with Crippen LogP contribution >= 0.6 is 28.1 Å². The van der Waals surface area contributed by atoms with Gasteiger partial charge in [0, 0.05) is 6.54 Å². The Labute approximate surface area is 66.3 Å². The molecule has 1 amide bonds. The highest BCUT2D eigenvalue weighted by Gasteiger charge is 2.20. The molecule has 0 aromatic carbocycles. The number of thiocarbonyl (C=S) groups is 1. The topological polar surface area (TPSA) is 41.1 Å². The van der Waals surface area contributed by atoms with E-state index in [1.165, 1.54) is 0 Å². The average Bonchev–Trinajstić information content (AvgIpc) is 1.80. The average molecular weight is 209 g/mol. The van der Waals surface area contributed by atoms with E-state index in [1.54, 1.807) is 0 Å². The van der Waals surface area contributed by atoms with Gasteiger partial charge in [-0.2, -0.15) is 0 Å². The van der Waals surface area contributed by atoms with Crippen LogP contribution in [-0.2, 0) is 4.79 Å². The summed E-state index contributed by atoms with van der Waals surface area (Å²) in [5, 5.41) is 5.69. The van der Waals surface area contributed by atoms with E-state index in [9.17, 15) is 4.79 Å². The van der Waals surface area contributed by atoms with E-state index in [4.69, 9.17) is 0 Å². The molecule has 0 aliphatic carbocycles. The molecule has 1 aliphatic heterocycles. The number of alkyl halides is 1. The number of amides is 1. The van der Waals surface area contributed by atoms with Gasteiger partial charge in [0.25, 0.3) is 0 Å². The van der Waals surface area contributed by atoms with Crippen LogP contribution in [0.4, 0.5) is 0 Å². The molecule has 0 radical (unpaired) electrons. The van der Waals surface area contributed by atoms with Gasteiger partial charge >= 0.3 is 0 Å².